The summed E-state index contributed by atoms with van der Waals surface area (Å²) in [7, 11) is 1.57. The van der Waals surface area contributed by atoms with Crippen molar-refractivity contribution in [3.63, 3.8) is 0 Å². The van der Waals surface area contributed by atoms with E-state index in [-0.39, 0.29) is 30.1 Å². The molecule has 2 aromatic rings. The number of benzene rings is 2. The molecule has 0 saturated carbocycles. The van der Waals surface area contributed by atoms with Gasteiger partial charge in [0, 0.05) is 18.8 Å². The van der Waals surface area contributed by atoms with E-state index in [0.717, 1.165) is 0 Å². The predicted octanol–water partition coefficient (Wildman–Crippen LogP) is 2.31. The fourth-order valence-corrected chi connectivity index (χ4v) is 2.56. The maximum Gasteiger partial charge on any atom is 0.260 e. The minimum atomic E-state index is -0.513. The lowest BCUT2D eigenvalue weighted by Crippen LogP contribution is -2.55. The molecule has 0 unspecified atom stereocenters. The van der Waals surface area contributed by atoms with Gasteiger partial charge in [0.1, 0.15) is 5.75 Å². The van der Waals surface area contributed by atoms with Crippen LogP contribution in [0, 0.1) is 11.7 Å². The molecule has 1 aliphatic rings. The van der Waals surface area contributed by atoms with Gasteiger partial charge in [0.2, 0.25) is 5.91 Å². The van der Waals surface area contributed by atoms with E-state index in [9.17, 15) is 14.0 Å². The largest absolute Gasteiger partial charge is 0.497 e. The zero-order valence-electron chi connectivity index (χ0n) is 14.3. The molecule has 0 aromatic heterocycles. The van der Waals surface area contributed by atoms with E-state index < -0.39 is 5.82 Å². The van der Waals surface area contributed by atoms with Gasteiger partial charge < -0.3 is 19.7 Å². The highest BCUT2D eigenvalue weighted by Crippen LogP contribution is 2.21. The second-order valence-electron chi connectivity index (χ2n) is 5.93. The van der Waals surface area contributed by atoms with Crippen molar-refractivity contribution in [2.24, 2.45) is 5.92 Å². The summed E-state index contributed by atoms with van der Waals surface area (Å²) in [6.07, 6.45) is 0. The summed E-state index contributed by atoms with van der Waals surface area (Å²) in [4.78, 5) is 25.7. The van der Waals surface area contributed by atoms with Crippen molar-refractivity contribution in [2.45, 2.75) is 0 Å². The molecule has 6 nitrogen and oxygen atoms in total. The summed E-state index contributed by atoms with van der Waals surface area (Å²) >= 11 is 0. The second kappa shape index (κ2) is 7.86. The molecule has 0 aliphatic carbocycles. The Balaban J connectivity index is 1.43. The average Bonchev–Trinajstić information content (AvgIpc) is 2.60. The third-order valence-electron chi connectivity index (χ3n) is 4.15. The van der Waals surface area contributed by atoms with E-state index in [1.807, 2.05) is 0 Å². The zero-order valence-corrected chi connectivity index (χ0v) is 14.3. The highest BCUT2D eigenvalue weighted by atomic mass is 19.1. The molecule has 3 rings (SSSR count). The molecule has 1 N–H and O–H groups in total. The monoisotopic (exact) mass is 358 g/mol. The van der Waals surface area contributed by atoms with Gasteiger partial charge in [-0.1, -0.05) is 12.1 Å². The van der Waals surface area contributed by atoms with Crippen LogP contribution >= 0.6 is 0 Å². The average molecular weight is 358 g/mol. The Labute approximate surface area is 150 Å². The summed E-state index contributed by atoms with van der Waals surface area (Å²) in [6, 6.07) is 12.9. The summed E-state index contributed by atoms with van der Waals surface area (Å²) in [5, 5.41) is 2.81. The topological polar surface area (TPSA) is 67.9 Å². The highest BCUT2D eigenvalue weighted by molar-refractivity contribution is 5.94. The third kappa shape index (κ3) is 4.11. The van der Waals surface area contributed by atoms with E-state index in [2.05, 4.69) is 5.32 Å². The van der Waals surface area contributed by atoms with Crippen LogP contribution < -0.4 is 14.8 Å². The number of hydrogen-bond donors (Lipinski definition) is 1. The van der Waals surface area contributed by atoms with Crippen LogP contribution in [0.25, 0.3) is 0 Å². The second-order valence-corrected chi connectivity index (χ2v) is 5.93. The third-order valence-corrected chi connectivity index (χ3v) is 4.15. The molecule has 0 spiro atoms. The van der Waals surface area contributed by atoms with E-state index in [4.69, 9.17) is 9.47 Å². The van der Waals surface area contributed by atoms with Crippen molar-refractivity contribution in [2.75, 3.05) is 32.1 Å². The molecule has 26 heavy (non-hydrogen) atoms. The zero-order chi connectivity index (χ0) is 18.5. The standard InChI is InChI=1S/C19H19FN2O4/c1-25-15-8-6-14(7-9-15)21-19(24)13-10-22(11-13)18(23)12-26-17-5-3-2-4-16(17)20/h2-9,13H,10-12H2,1H3,(H,21,24). The Hall–Kier alpha value is -3.09. The molecule has 2 aromatic carbocycles. The van der Waals surface area contributed by atoms with Crippen molar-refractivity contribution in [3.8, 4) is 11.5 Å². The number of nitrogens with zero attached hydrogens (tertiary/aromatic N) is 1. The molecule has 1 heterocycles. The predicted molar refractivity (Wildman–Crippen MR) is 93.6 cm³/mol. The van der Waals surface area contributed by atoms with Crippen LogP contribution in [-0.4, -0.2) is 43.5 Å². The lowest BCUT2D eigenvalue weighted by Gasteiger charge is -2.38. The van der Waals surface area contributed by atoms with E-state index in [1.165, 1.54) is 17.0 Å². The number of amides is 2. The van der Waals surface area contributed by atoms with Gasteiger partial charge in [-0.15, -0.1) is 0 Å². The molecule has 1 saturated heterocycles. The number of ether oxygens (including phenoxy) is 2. The van der Waals surface area contributed by atoms with Gasteiger partial charge in [-0.25, -0.2) is 4.39 Å². The Morgan fingerprint density at radius 3 is 2.50 bits per heavy atom. The van der Waals surface area contributed by atoms with E-state index >= 15 is 0 Å². The van der Waals surface area contributed by atoms with Crippen LogP contribution in [0.3, 0.4) is 0 Å². The van der Waals surface area contributed by atoms with Gasteiger partial charge in [0.05, 0.1) is 13.0 Å². The van der Waals surface area contributed by atoms with Gasteiger partial charge in [0.25, 0.3) is 5.91 Å². The SMILES string of the molecule is COc1ccc(NC(=O)C2CN(C(=O)COc3ccccc3F)C2)cc1. The number of hydrogen-bond acceptors (Lipinski definition) is 4. The summed E-state index contributed by atoms with van der Waals surface area (Å²) < 4.78 is 23.7. The summed E-state index contributed by atoms with van der Waals surface area (Å²) in [5.41, 5.74) is 0.670. The van der Waals surface area contributed by atoms with Crippen LogP contribution in [0.5, 0.6) is 11.5 Å². The van der Waals surface area contributed by atoms with Crippen molar-refractivity contribution in [3.05, 3.63) is 54.3 Å². The lowest BCUT2D eigenvalue weighted by atomic mass is 9.99. The van der Waals surface area contributed by atoms with Crippen LogP contribution in [-0.2, 0) is 9.59 Å². The van der Waals surface area contributed by atoms with Crippen molar-refractivity contribution < 1.29 is 23.5 Å². The molecular formula is C19H19FN2O4. The normalized spacial score (nSPS) is 13.7. The van der Waals surface area contributed by atoms with Crippen LogP contribution in [0.2, 0.25) is 0 Å². The number of anilines is 1. The number of para-hydroxylation sites is 1. The number of carbonyl (C=O) groups excluding carboxylic acids is 2. The maximum atomic E-state index is 13.4. The summed E-state index contributed by atoms with van der Waals surface area (Å²) in [6.45, 7) is 0.386. The number of halogens is 1. The maximum absolute atomic E-state index is 13.4. The first kappa shape index (κ1) is 17.7. The Morgan fingerprint density at radius 2 is 1.85 bits per heavy atom. The summed E-state index contributed by atoms with van der Waals surface area (Å²) in [5.74, 6) is -0.459. The minimum Gasteiger partial charge on any atom is -0.497 e. The molecular weight excluding hydrogens is 339 g/mol. The lowest BCUT2D eigenvalue weighted by molar-refractivity contribution is -0.143. The van der Waals surface area contributed by atoms with Gasteiger partial charge in [-0.2, -0.15) is 0 Å². The molecule has 1 fully saturated rings. The van der Waals surface area contributed by atoms with Crippen molar-refractivity contribution in [1.29, 1.82) is 0 Å². The highest BCUT2D eigenvalue weighted by Gasteiger charge is 2.35. The first-order chi connectivity index (χ1) is 12.6. The fraction of sp³-hybridized carbons (Fsp3) is 0.263. The molecule has 2 amide bonds. The number of rotatable bonds is 6. The molecule has 136 valence electrons. The van der Waals surface area contributed by atoms with Crippen molar-refractivity contribution >= 4 is 17.5 Å². The Bertz CT molecular complexity index is 788. The molecule has 0 atom stereocenters. The van der Waals surface area contributed by atoms with Crippen LogP contribution in [0.4, 0.5) is 10.1 Å². The first-order valence-corrected chi connectivity index (χ1v) is 8.17. The van der Waals surface area contributed by atoms with Gasteiger partial charge in [0.15, 0.2) is 18.2 Å². The first-order valence-electron chi connectivity index (χ1n) is 8.17. The number of carbonyl (C=O) groups is 2. The number of nitrogens with one attached hydrogen (secondary N) is 1. The quantitative estimate of drug-likeness (QED) is 0.861. The van der Waals surface area contributed by atoms with Gasteiger partial charge in [-0.05, 0) is 36.4 Å². The Kier molecular flexibility index (Phi) is 5.36. The number of likely N-dealkylation sites (tertiary alicyclic amines) is 1. The van der Waals surface area contributed by atoms with Gasteiger partial charge >= 0.3 is 0 Å². The molecule has 0 bridgehead atoms. The van der Waals surface area contributed by atoms with Gasteiger partial charge in [-0.3, -0.25) is 9.59 Å². The van der Waals surface area contributed by atoms with E-state index in [1.54, 1.807) is 43.5 Å². The van der Waals surface area contributed by atoms with E-state index in [0.29, 0.717) is 24.5 Å². The van der Waals surface area contributed by atoms with Crippen LogP contribution in [0.1, 0.15) is 0 Å². The molecule has 7 heteroatoms. The smallest absolute Gasteiger partial charge is 0.260 e. The van der Waals surface area contributed by atoms with Crippen LogP contribution in [0.15, 0.2) is 48.5 Å². The minimum absolute atomic E-state index is 0.0372. The molecule has 0 radical (unpaired) electrons. The fourth-order valence-electron chi connectivity index (χ4n) is 2.56. The molecule has 1 aliphatic heterocycles. The Morgan fingerprint density at radius 1 is 1.15 bits per heavy atom. The number of methoxy groups -OCH3 is 1. The van der Waals surface area contributed by atoms with Crippen molar-refractivity contribution in [1.82, 2.24) is 4.90 Å².